The van der Waals surface area contributed by atoms with E-state index in [4.69, 9.17) is 28.4 Å². The highest BCUT2D eigenvalue weighted by molar-refractivity contribution is 5.76. The summed E-state index contributed by atoms with van der Waals surface area (Å²) >= 11 is 0. The monoisotopic (exact) mass is 1290 g/mol. The Labute approximate surface area is 542 Å². The van der Waals surface area contributed by atoms with Gasteiger partial charge in [-0.15, -0.1) is 0 Å². The van der Waals surface area contributed by atoms with Crippen molar-refractivity contribution >= 4 is 5.91 Å². The van der Waals surface area contributed by atoms with E-state index in [1.807, 2.05) is 19.1 Å². The summed E-state index contributed by atoms with van der Waals surface area (Å²) in [6.07, 6.45) is 36.5. The minimum Gasteiger partial charge on any atom is -0.394 e. The van der Waals surface area contributed by atoms with Crippen molar-refractivity contribution in [2.24, 2.45) is 0 Å². The van der Waals surface area contributed by atoms with E-state index in [1.54, 1.807) is 6.08 Å². The minimum absolute atomic E-state index is 0.235. The number of nitrogens with one attached hydrogen (secondary N) is 1. The number of hydrogen-bond donors (Lipinski definition) is 12. The number of aliphatic hydroxyl groups excluding tert-OH is 11. The Kier molecular flexibility index (Phi) is 48.6. The zero-order chi connectivity index (χ0) is 65.4. The number of carbonyl (C=O) groups excluding carboxylic acids is 1. The topological polar surface area (TPSA) is 307 Å². The fourth-order valence-corrected chi connectivity index (χ4v) is 12.4. The zero-order valence-corrected chi connectivity index (χ0v) is 55.9. The summed E-state index contributed by atoms with van der Waals surface area (Å²) in [6, 6.07) is -0.992. The Bertz CT molecular complexity index is 1780. The average Bonchev–Trinajstić information content (AvgIpc) is 0.817. The quantitative estimate of drug-likeness (QED) is 0.0199. The maximum absolute atomic E-state index is 13.3. The van der Waals surface area contributed by atoms with Gasteiger partial charge in [-0.2, -0.15) is 0 Å². The number of carbonyl (C=O) groups is 1. The molecule has 0 radical (unpaired) electrons. The lowest BCUT2D eigenvalue weighted by molar-refractivity contribution is -0.379. The molecule has 3 rings (SSSR count). The lowest BCUT2D eigenvalue weighted by Gasteiger charge is -2.48. The van der Waals surface area contributed by atoms with Crippen molar-refractivity contribution in [3.05, 3.63) is 36.5 Å². The van der Waals surface area contributed by atoms with Crippen molar-refractivity contribution in [1.29, 1.82) is 0 Å². The lowest BCUT2D eigenvalue weighted by Crippen LogP contribution is -2.66. The first kappa shape index (κ1) is 82.2. The van der Waals surface area contributed by atoms with Crippen molar-refractivity contribution in [3.63, 3.8) is 0 Å². The number of allylic oxidation sites excluding steroid dienone is 5. The van der Waals surface area contributed by atoms with Crippen LogP contribution in [-0.2, 0) is 33.2 Å². The first-order chi connectivity index (χ1) is 43.8. The summed E-state index contributed by atoms with van der Waals surface area (Å²) < 4.78 is 34.2. The molecule has 17 atom stereocenters. The van der Waals surface area contributed by atoms with E-state index in [-0.39, 0.29) is 18.9 Å². The maximum atomic E-state index is 13.3. The number of ether oxygens (including phenoxy) is 6. The molecule has 1 amide bonds. The summed E-state index contributed by atoms with van der Waals surface area (Å²) in [5, 5.41) is 120. The number of unbranched alkanes of at least 4 members (excludes halogenated alkanes) is 37. The van der Waals surface area contributed by atoms with Gasteiger partial charge < -0.3 is 89.9 Å². The minimum atomic E-state index is -1.98. The molecule has 0 aromatic carbocycles. The molecule has 3 saturated heterocycles. The van der Waals surface area contributed by atoms with E-state index >= 15 is 0 Å². The Morgan fingerprint density at radius 2 is 0.733 bits per heavy atom. The molecule has 528 valence electrons. The van der Waals surface area contributed by atoms with Crippen LogP contribution in [0.2, 0.25) is 0 Å². The molecule has 19 nitrogen and oxygen atoms in total. The molecule has 19 heteroatoms. The first-order valence-electron chi connectivity index (χ1n) is 36.2. The van der Waals surface area contributed by atoms with Crippen LogP contribution in [0.1, 0.15) is 277 Å². The van der Waals surface area contributed by atoms with E-state index in [2.05, 4.69) is 30.5 Å². The largest absolute Gasteiger partial charge is 0.394 e. The van der Waals surface area contributed by atoms with Crippen LogP contribution in [0.4, 0.5) is 0 Å². The molecule has 0 aromatic heterocycles. The molecule has 17 unspecified atom stereocenters. The number of amides is 1. The third-order valence-electron chi connectivity index (χ3n) is 18.3. The second-order valence-corrected chi connectivity index (χ2v) is 26.1. The Balaban J connectivity index is 1.28. The zero-order valence-electron chi connectivity index (χ0n) is 55.9. The number of aliphatic hydroxyl groups is 11. The van der Waals surface area contributed by atoms with Gasteiger partial charge in [-0.1, -0.05) is 268 Å². The molecule has 0 aromatic rings. The molecule has 3 fully saturated rings. The molecule has 90 heavy (non-hydrogen) atoms. The predicted octanol–water partition coefficient (Wildman–Crippen LogP) is 10.00. The maximum Gasteiger partial charge on any atom is 0.220 e. The van der Waals surface area contributed by atoms with Crippen LogP contribution in [-0.4, -0.2) is 193 Å². The van der Waals surface area contributed by atoms with E-state index < -0.39 is 124 Å². The van der Waals surface area contributed by atoms with Crippen LogP contribution in [0.15, 0.2) is 36.5 Å². The summed E-state index contributed by atoms with van der Waals surface area (Å²) in [5.74, 6) is -0.289. The van der Waals surface area contributed by atoms with Gasteiger partial charge in [0.05, 0.1) is 38.6 Å². The molecule has 0 bridgehead atoms. The highest BCUT2D eigenvalue weighted by Gasteiger charge is 2.53. The van der Waals surface area contributed by atoms with Gasteiger partial charge in [0.1, 0.15) is 73.2 Å². The Hall–Kier alpha value is -1.99. The van der Waals surface area contributed by atoms with E-state index in [0.29, 0.717) is 12.8 Å². The van der Waals surface area contributed by atoms with Crippen molar-refractivity contribution < 1.29 is 89.4 Å². The number of hydrogen-bond acceptors (Lipinski definition) is 18. The third-order valence-corrected chi connectivity index (χ3v) is 18.3. The van der Waals surface area contributed by atoms with Gasteiger partial charge >= 0.3 is 0 Å². The predicted molar refractivity (Wildman–Crippen MR) is 351 cm³/mol. The molecule has 0 aliphatic carbocycles. The van der Waals surface area contributed by atoms with Gasteiger partial charge in [0.2, 0.25) is 5.91 Å². The summed E-state index contributed by atoms with van der Waals surface area (Å²) in [7, 11) is 0. The van der Waals surface area contributed by atoms with Crippen LogP contribution in [0.25, 0.3) is 0 Å². The van der Waals surface area contributed by atoms with Crippen LogP contribution in [0, 0.1) is 0 Å². The summed E-state index contributed by atoms with van der Waals surface area (Å²) in [6.45, 7) is 1.48. The number of rotatable bonds is 56. The fraction of sp³-hybridized carbons (Fsp3) is 0.901. The second kappa shape index (κ2) is 53.2. The smallest absolute Gasteiger partial charge is 0.220 e. The van der Waals surface area contributed by atoms with E-state index in [1.165, 1.54) is 205 Å². The summed E-state index contributed by atoms with van der Waals surface area (Å²) in [5.41, 5.74) is 0. The van der Waals surface area contributed by atoms with Crippen LogP contribution < -0.4 is 5.32 Å². The molecule has 3 heterocycles. The van der Waals surface area contributed by atoms with Gasteiger partial charge in [-0.05, 0) is 39.0 Å². The van der Waals surface area contributed by atoms with Crippen molar-refractivity contribution in [3.8, 4) is 0 Å². The second-order valence-electron chi connectivity index (χ2n) is 26.1. The van der Waals surface area contributed by atoms with E-state index in [0.717, 1.165) is 38.5 Å². The highest BCUT2D eigenvalue weighted by atomic mass is 16.8. The Morgan fingerprint density at radius 3 is 1.11 bits per heavy atom. The van der Waals surface area contributed by atoms with Crippen LogP contribution in [0.5, 0.6) is 0 Å². The SMILES string of the molecule is C/C=C/CC/C=C/CC/C=C/C(O)C(COC1OC(CO)C(OC2OC(CO)C(OC3OC(CO)C(O)C(O)C3O)C(O)C2O)C(O)C1O)NC(=O)CCCCCCCCCCCCCCCCCCCCCCCCCCCCCCCCCCCCCC. The molecular weight excluding hydrogens is 1150 g/mol. The fourth-order valence-electron chi connectivity index (χ4n) is 12.4. The normalized spacial score (nSPS) is 28.2. The van der Waals surface area contributed by atoms with Gasteiger partial charge in [0.25, 0.3) is 0 Å². The molecule has 12 N–H and O–H groups in total. The van der Waals surface area contributed by atoms with Gasteiger partial charge in [0.15, 0.2) is 18.9 Å². The van der Waals surface area contributed by atoms with Crippen LogP contribution >= 0.6 is 0 Å². The van der Waals surface area contributed by atoms with Crippen molar-refractivity contribution in [1.82, 2.24) is 5.32 Å². The Morgan fingerprint density at radius 1 is 0.411 bits per heavy atom. The molecular formula is C71H131NO18. The molecule has 3 aliphatic rings. The van der Waals surface area contributed by atoms with Gasteiger partial charge in [-0.3, -0.25) is 4.79 Å². The first-order valence-corrected chi connectivity index (χ1v) is 36.2. The average molecular weight is 1290 g/mol. The standard InChI is InChI=1S/C71H131NO18/c1-3-5-7-9-11-13-14-15-16-17-18-19-20-21-22-23-24-25-26-27-28-29-30-31-32-33-34-35-36-37-38-39-41-43-45-47-49-59(77)72-54(55(76)48-46-44-42-40-12-10-8-6-4-2)53-85-69-65(83)62(80)67(57(51-74)87-69)90-71-66(84)63(81)68(58(52-75)88-71)89-70-64(82)61(79)60(78)56(50-73)86-70/h4,6,12,40,46,48,54-58,60-71,73-76,78-84H,3,5,7-11,13-39,41-45,47,49-53H2,1-2H3,(H,72,77)/b6-4+,40-12+,48-46+. The van der Waals surface area contributed by atoms with Crippen LogP contribution in [0.3, 0.4) is 0 Å². The van der Waals surface area contributed by atoms with Crippen molar-refractivity contribution in [2.45, 2.75) is 381 Å². The molecule has 3 aliphatic heterocycles. The summed E-state index contributed by atoms with van der Waals surface area (Å²) in [4.78, 5) is 13.3. The lowest BCUT2D eigenvalue weighted by atomic mass is 9.96. The highest BCUT2D eigenvalue weighted by Crippen LogP contribution is 2.33. The molecule has 0 saturated carbocycles. The van der Waals surface area contributed by atoms with E-state index in [9.17, 15) is 61.0 Å². The van der Waals surface area contributed by atoms with Crippen molar-refractivity contribution in [2.75, 3.05) is 26.4 Å². The van der Waals surface area contributed by atoms with Gasteiger partial charge in [0, 0.05) is 6.42 Å². The third kappa shape index (κ3) is 34.6. The molecule has 0 spiro atoms. The van der Waals surface area contributed by atoms with Gasteiger partial charge in [-0.25, -0.2) is 0 Å².